The van der Waals surface area contributed by atoms with E-state index in [0.717, 1.165) is 24.0 Å². The molecule has 2 amide bonds. The Balaban J connectivity index is 1.41. The maximum absolute atomic E-state index is 12.7. The Morgan fingerprint density at radius 2 is 2.23 bits per heavy atom. The Labute approximate surface area is 136 Å². The van der Waals surface area contributed by atoms with E-state index < -0.39 is 0 Å². The molecule has 2 aliphatic carbocycles. The standard InChI is InChI=1S/C17H26N2O2S/c1-10(13-8-11-3-4-12(13)7-11)18-16(21)14-9-22-17(2)6-5-15(20)19(14)17/h10-14H,3-9H2,1-2H3,(H,18,21). The number of hydrogen-bond donors (Lipinski definition) is 1. The molecule has 1 N–H and O–H groups in total. The molecule has 122 valence electrons. The largest absolute Gasteiger partial charge is 0.352 e. The minimum absolute atomic E-state index is 0.0711. The SMILES string of the molecule is CC(NC(=O)C1CSC2(C)CCC(=O)N12)C1CC2CCC1C2. The molecule has 4 rings (SSSR count). The van der Waals surface area contributed by atoms with E-state index in [9.17, 15) is 9.59 Å². The number of thioether (sulfide) groups is 1. The average Bonchev–Trinajstić information content (AvgIpc) is 3.21. The summed E-state index contributed by atoms with van der Waals surface area (Å²) in [7, 11) is 0. The molecule has 6 unspecified atom stereocenters. The number of rotatable bonds is 3. The molecular formula is C17H26N2O2S. The van der Waals surface area contributed by atoms with Crippen molar-refractivity contribution in [3.63, 3.8) is 0 Å². The van der Waals surface area contributed by atoms with Crippen molar-refractivity contribution in [3.05, 3.63) is 0 Å². The first-order valence-electron chi connectivity index (χ1n) is 8.74. The number of carbonyl (C=O) groups excluding carboxylic acids is 2. The molecule has 22 heavy (non-hydrogen) atoms. The lowest BCUT2D eigenvalue weighted by atomic mass is 9.84. The summed E-state index contributed by atoms with van der Waals surface area (Å²) in [6.45, 7) is 4.27. The normalized spacial score (nSPS) is 44.5. The fourth-order valence-corrected chi connectivity index (χ4v) is 6.78. The van der Waals surface area contributed by atoms with Crippen LogP contribution in [0.3, 0.4) is 0 Å². The Kier molecular flexibility index (Phi) is 3.48. The number of carbonyl (C=O) groups is 2. The summed E-state index contributed by atoms with van der Waals surface area (Å²) in [5, 5.41) is 3.25. The van der Waals surface area contributed by atoms with E-state index in [1.165, 1.54) is 25.7 Å². The number of amides is 2. The molecule has 4 aliphatic rings. The molecule has 2 saturated heterocycles. The topological polar surface area (TPSA) is 49.4 Å². The summed E-state index contributed by atoms with van der Waals surface area (Å²) >= 11 is 1.77. The molecule has 0 spiro atoms. The van der Waals surface area contributed by atoms with Gasteiger partial charge in [-0.2, -0.15) is 0 Å². The van der Waals surface area contributed by atoms with Crippen LogP contribution < -0.4 is 5.32 Å². The first kappa shape index (κ1) is 14.9. The molecule has 4 nitrogen and oxygen atoms in total. The van der Waals surface area contributed by atoms with Gasteiger partial charge in [-0.05, 0) is 57.3 Å². The Morgan fingerprint density at radius 3 is 2.91 bits per heavy atom. The van der Waals surface area contributed by atoms with Crippen molar-refractivity contribution in [3.8, 4) is 0 Å². The summed E-state index contributed by atoms with van der Waals surface area (Å²) in [6.07, 6.45) is 6.86. The lowest BCUT2D eigenvalue weighted by Gasteiger charge is -2.32. The van der Waals surface area contributed by atoms with Gasteiger partial charge in [0.2, 0.25) is 11.8 Å². The van der Waals surface area contributed by atoms with Gasteiger partial charge in [0, 0.05) is 18.2 Å². The van der Waals surface area contributed by atoms with Crippen LogP contribution in [0, 0.1) is 17.8 Å². The van der Waals surface area contributed by atoms with E-state index in [4.69, 9.17) is 0 Å². The molecule has 2 bridgehead atoms. The molecule has 5 heteroatoms. The van der Waals surface area contributed by atoms with Crippen molar-refractivity contribution in [2.24, 2.45) is 17.8 Å². The zero-order valence-corrected chi connectivity index (χ0v) is 14.3. The first-order chi connectivity index (χ1) is 10.5. The Bertz CT molecular complexity index is 511. The van der Waals surface area contributed by atoms with Gasteiger partial charge in [0.1, 0.15) is 6.04 Å². The van der Waals surface area contributed by atoms with E-state index in [2.05, 4.69) is 19.2 Å². The van der Waals surface area contributed by atoms with Crippen molar-refractivity contribution in [1.29, 1.82) is 0 Å². The third-order valence-corrected chi connectivity index (χ3v) is 8.06. The molecular weight excluding hydrogens is 296 g/mol. The van der Waals surface area contributed by atoms with E-state index in [1.54, 1.807) is 11.8 Å². The van der Waals surface area contributed by atoms with Crippen LogP contribution in [0.25, 0.3) is 0 Å². The highest BCUT2D eigenvalue weighted by Gasteiger charge is 2.53. The van der Waals surface area contributed by atoms with Gasteiger partial charge >= 0.3 is 0 Å². The summed E-state index contributed by atoms with van der Waals surface area (Å²) in [5.41, 5.74) is 0. The number of nitrogens with zero attached hydrogens (tertiary/aromatic N) is 1. The van der Waals surface area contributed by atoms with Gasteiger partial charge in [-0.25, -0.2) is 0 Å². The van der Waals surface area contributed by atoms with Gasteiger partial charge in [-0.15, -0.1) is 11.8 Å². The highest BCUT2D eigenvalue weighted by atomic mass is 32.2. The predicted octanol–water partition coefficient (Wildman–Crippen LogP) is 2.38. The van der Waals surface area contributed by atoms with Crippen molar-refractivity contribution >= 4 is 23.6 Å². The smallest absolute Gasteiger partial charge is 0.243 e. The molecule has 0 aromatic carbocycles. The number of hydrogen-bond acceptors (Lipinski definition) is 3. The van der Waals surface area contributed by atoms with Crippen molar-refractivity contribution in [1.82, 2.24) is 10.2 Å². The number of fused-ring (bicyclic) bond motifs is 3. The zero-order valence-electron chi connectivity index (χ0n) is 13.5. The highest BCUT2D eigenvalue weighted by molar-refractivity contribution is 8.01. The molecule has 4 fully saturated rings. The highest BCUT2D eigenvalue weighted by Crippen LogP contribution is 2.50. The quantitative estimate of drug-likeness (QED) is 0.868. The van der Waals surface area contributed by atoms with Gasteiger partial charge in [-0.1, -0.05) is 6.42 Å². The lowest BCUT2D eigenvalue weighted by Crippen LogP contribution is -2.53. The maximum Gasteiger partial charge on any atom is 0.243 e. The summed E-state index contributed by atoms with van der Waals surface area (Å²) < 4.78 is 0. The van der Waals surface area contributed by atoms with Crippen LogP contribution in [0.1, 0.15) is 52.4 Å². The van der Waals surface area contributed by atoms with Crippen LogP contribution in [0.5, 0.6) is 0 Å². The minimum Gasteiger partial charge on any atom is -0.352 e. The van der Waals surface area contributed by atoms with Gasteiger partial charge in [-0.3, -0.25) is 9.59 Å². The molecule has 0 aromatic rings. The zero-order chi connectivity index (χ0) is 15.5. The second-order valence-electron chi connectivity index (χ2n) is 7.90. The van der Waals surface area contributed by atoms with Gasteiger partial charge in [0.15, 0.2) is 0 Å². The third-order valence-electron chi connectivity index (χ3n) is 6.55. The second-order valence-corrected chi connectivity index (χ2v) is 9.40. The molecule has 0 aromatic heterocycles. The van der Waals surface area contributed by atoms with Crippen molar-refractivity contribution in [2.75, 3.05) is 5.75 Å². The van der Waals surface area contributed by atoms with E-state index in [-0.39, 0.29) is 28.8 Å². The molecule has 0 radical (unpaired) electrons. The van der Waals surface area contributed by atoms with Crippen LogP contribution in [0.2, 0.25) is 0 Å². The minimum atomic E-state index is -0.258. The monoisotopic (exact) mass is 322 g/mol. The fraction of sp³-hybridized carbons (Fsp3) is 0.882. The summed E-state index contributed by atoms with van der Waals surface area (Å²) in [6, 6.07) is -0.0107. The van der Waals surface area contributed by atoms with Crippen molar-refractivity contribution < 1.29 is 9.59 Å². The Morgan fingerprint density at radius 1 is 1.41 bits per heavy atom. The predicted molar refractivity (Wildman–Crippen MR) is 87.3 cm³/mol. The molecule has 6 atom stereocenters. The van der Waals surface area contributed by atoms with Gasteiger partial charge < -0.3 is 10.2 Å². The van der Waals surface area contributed by atoms with Gasteiger partial charge in [0.05, 0.1) is 4.87 Å². The van der Waals surface area contributed by atoms with E-state index >= 15 is 0 Å². The first-order valence-corrected chi connectivity index (χ1v) is 9.73. The van der Waals surface area contributed by atoms with Crippen LogP contribution >= 0.6 is 11.8 Å². The molecule has 2 heterocycles. The van der Waals surface area contributed by atoms with Crippen molar-refractivity contribution in [2.45, 2.75) is 69.3 Å². The maximum atomic E-state index is 12.7. The van der Waals surface area contributed by atoms with E-state index in [0.29, 0.717) is 12.3 Å². The van der Waals surface area contributed by atoms with E-state index in [1.807, 2.05) is 4.90 Å². The lowest BCUT2D eigenvalue weighted by molar-refractivity contribution is -0.138. The van der Waals surface area contributed by atoms with Gasteiger partial charge in [0.25, 0.3) is 0 Å². The third kappa shape index (κ3) is 2.19. The summed E-state index contributed by atoms with van der Waals surface area (Å²) in [5.74, 6) is 3.34. The van der Waals surface area contributed by atoms with Crippen LogP contribution in [-0.2, 0) is 9.59 Å². The average molecular weight is 322 g/mol. The number of nitrogens with one attached hydrogen (secondary N) is 1. The summed E-state index contributed by atoms with van der Waals surface area (Å²) in [4.78, 5) is 26.6. The van der Waals surface area contributed by atoms with Crippen LogP contribution in [0.4, 0.5) is 0 Å². The van der Waals surface area contributed by atoms with Crippen LogP contribution in [0.15, 0.2) is 0 Å². The Hall–Kier alpha value is -0.710. The fourth-order valence-electron chi connectivity index (χ4n) is 5.35. The van der Waals surface area contributed by atoms with Crippen LogP contribution in [-0.4, -0.2) is 39.4 Å². The molecule has 2 saturated carbocycles. The second kappa shape index (κ2) is 5.15. The molecule has 2 aliphatic heterocycles.